The molecule has 0 saturated heterocycles. The van der Waals surface area contributed by atoms with Crippen LogP contribution in [0.4, 0.5) is 5.69 Å². The van der Waals surface area contributed by atoms with E-state index in [1.165, 1.54) is 19.2 Å². The first-order valence-electron chi connectivity index (χ1n) is 3.49. The molecule has 0 aliphatic carbocycles. The van der Waals surface area contributed by atoms with Crippen LogP contribution < -0.4 is 56.1 Å². The minimum absolute atomic E-state index is 0. The molecule has 1 rings (SSSR count). The minimum Gasteiger partial charge on any atom is -1.00 e. The molecule has 0 aliphatic rings. The van der Waals surface area contributed by atoms with Gasteiger partial charge in [0.1, 0.15) is 10.6 Å². The zero-order chi connectivity index (χ0) is 10.7. The van der Waals surface area contributed by atoms with Crippen LogP contribution in [0.25, 0.3) is 0 Å². The summed E-state index contributed by atoms with van der Waals surface area (Å²) in [6.07, 6.45) is 0. The van der Waals surface area contributed by atoms with E-state index in [4.69, 9.17) is 9.29 Å². The van der Waals surface area contributed by atoms with E-state index in [-0.39, 0.29) is 69.1 Å². The van der Waals surface area contributed by atoms with Crippen molar-refractivity contribution >= 4 is 16.8 Å². The maximum absolute atomic E-state index is 10.8. The quantitative estimate of drug-likeness (QED) is 0.302. The first-order chi connectivity index (χ1) is 6.56. The molecule has 1 aromatic carbocycles. The van der Waals surface area contributed by atoms with Gasteiger partial charge in [0.25, 0.3) is 5.69 Å². The van der Waals surface area contributed by atoms with Crippen molar-refractivity contribution in [3.63, 3.8) is 0 Å². The number of hydrogen-bond donors (Lipinski definition) is 1. The Morgan fingerprint density at radius 1 is 1.60 bits per heavy atom. The van der Waals surface area contributed by atoms with Crippen LogP contribution in [0.3, 0.4) is 0 Å². The maximum atomic E-state index is 10.8. The number of hydrogen-bond acceptors (Lipinski definition) is 4. The van der Waals surface area contributed by atoms with Crippen LogP contribution in [0.2, 0.25) is 0 Å². The molecular weight excluding hydrogens is 249 g/mol. The standard InChI is InChI=1S/C7H7NO5S.K.H/c1-13-6-3-2-5(8(9)10)4-7(6)14(11)12;;/h2-4H,1H3,(H,11,12);;/q;+1;-1. The molecule has 0 amide bonds. The van der Waals surface area contributed by atoms with Gasteiger partial charge in [-0.15, -0.1) is 0 Å². The summed E-state index contributed by atoms with van der Waals surface area (Å²) in [4.78, 5) is 9.61. The largest absolute Gasteiger partial charge is 1.00 e. The van der Waals surface area contributed by atoms with Crippen LogP contribution in [0.5, 0.6) is 5.75 Å². The molecule has 1 N–H and O–H groups in total. The molecular formula is C7H8KNO5S. The summed E-state index contributed by atoms with van der Waals surface area (Å²) in [5.41, 5.74) is -0.247. The summed E-state index contributed by atoms with van der Waals surface area (Å²) >= 11 is -2.30. The Kier molecular flexibility index (Phi) is 6.76. The third-order valence-electron chi connectivity index (χ3n) is 1.55. The Balaban J connectivity index is 0. The van der Waals surface area contributed by atoms with Gasteiger partial charge in [0, 0.05) is 12.1 Å². The van der Waals surface area contributed by atoms with Crippen molar-refractivity contribution in [2.45, 2.75) is 4.90 Å². The Morgan fingerprint density at radius 3 is 2.60 bits per heavy atom. The Hall–Kier alpha value is 0.166. The number of methoxy groups -OCH3 is 1. The summed E-state index contributed by atoms with van der Waals surface area (Å²) in [6, 6.07) is 3.49. The topological polar surface area (TPSA) is 89.7 Å². The van der Waals surface area contributed by atoms with Gasteiger partial charge in [-0.25, -0.2) is 4.21 Å². The number of nitro benzene ring substituents is 1. The molecule has 0 radical (unpaired) electrons. The van der Waals surface area contributed by atoms with Gasteiger partial charge in [0.05, 0.1) is 12.0 Å². The van der Waals surface area contributed by atoms with E-state index in [2.05, 4.69) is 0 Å². The van der Waals surface area contributed by atoms with Crippen molar-refractivity contribution in [1.82, 2.24) is 0 Å². The third kappa shape index (κ3) is 3.91. The molecule has 6 nitrogen and oxygen atoms in total. The number of nitro groups is 1. The van der Waals surface area contributed by atoms with Gasteiger partial charge >= 0.3 is 51.4 Å². The number of ether oxygens (including phenoxy) is 1. The summed E-state index contributed by atoms with van der Waals surface area (Å²) in [5, 5.41) is 10.4. The molecule has 0 spiro atoms. The molecule has 0 saturated carbocycles. The fourth-order valence-electron chi connectivity index (χ4n) is 0.915. The first kappa shape index (κ1) is 15.2. The van der Waals surface area contributed by atoms with Crippen LogP contribution in [0, 0.1) is 10.1 Å². The molecule has 0 fully saturated rings. The molecule has 8 heteroatoms. The van der Waals surface area contributed by atoms with E-state index in [9.17, 15) is 14.3 Å². The molecule has 0 aromatic heterocycles. The molecule has 1 aromatic rings. The van der Waals surface area contributed by atoms with Gasteiger partial charge in [0.2, 0.25) is 0 Å². The number of rotatable bonds is 3. The van der Waals surface area contributed by atoms with Crippen LogP contribution >= 0.6 is 0 Å². The van der Waals surface area contributed by atoms with E-state index >= 15 is 0 Å². The van der Waals surface area contributed by atoms with Crippen LogP contribution in [0.15, 0.2) is 23.1 Å². The smallest absolute Gasteiger partial charge is 1.00 e. The second-order valence-electron chi connectivity index (χ2n) is 2.34. The predicted molar refractivity (Wildman–Crippen MR) is 49.8 cm³/mol. The van der Waals surface area contributed by atoms with Gasteiger partial charge in [-0.2, -0.15) is 0 Å². The minimum atomic E-state index is -2.30. The normalized spacial score (nSPS) is 11.3. The molecule has 1 unspecified atom stereocenters. The maximum Gasteiger partial charge on any atom is 1.00 e. The molecule has 15 heavy (non-hydrogen) atoms. The van der Waals surface area contributed by atoms with Gasteiger partial charge in [-0.3, -0.25) is 10.1 Å². The average Bonchev–Trinajstić information content (AvgIpc) is 2.16. The molecule has 0 aliphatic heterocycles. The van der Waals surface area contributed by atoms with E-state index < -0.39 is 16.0 Å². The zero-order valence-corrected chi connectivity index (χ0v) is 12.1. The zero-order valence-electron chi connectivity index (χ0n) is 9.17. The second kappa shape index (κ2) is 6.69. The molecule has 1 atom stereocenters. The van der Waals surface area contributed by atoms with Gasteiger partial charge in [-0.1, -0.05) is 0 Å². The fourth-order valence-corrected chi connectivity index (χ4v) is 1.46. The Morgan fingerprint density at radius 2 is 2.20 bits per heavy atom. The summed E-state index contributed by atoms with van der Waals surface area (Å²) in [6.45, 7) is 0. The second-order valence-corrected chi connectivity index (χ2v) is 3.28. The summed E-state index contributed by atoms with van der Waals surface area (Å²) in [7, 11) is 1.32. The summed E-state index contributed by atoms with van der Waals surface area (Å²) < 4.78 is 24.3. The Labute approximate surface area is 132 Å². The van der Waals surface area contributed by atoms with Gasteiger partial charge < -0.3 is 10.7 Å². The van der Waals surface area contributed by atoms with Crippen LogP contribution in [0.1, 0.15) is 1.43 Å². The molecule has 78 valence electrons. The molecule has 0 heterocycles. The van der Waals surface area contributed by atoms with E-state index in [0.717, 1.165) is 6.07 Å². The van der Waals surface area contributed by atoms with Crippen molar-refractivity contribution in [1.29, 1.82) is 0 Å². The van der Waals surface area contributed by atoms with E-state index in [1.54, 1.807) is 0 Å². The van der Waals surface area contributed by atoms with Gasteiger partial charge in [0.15, 0.2) is 11.1 Å². The summed E-state index contributed by atoms with van der Waals surface area (Å²) in [5.74, 6) is 0.149. The van der Waals surface area contributed by atoms with Crippen molar-refractivity contribution in [2.24, 2.45) is 0 Å². The fraction of sp³-hybridized carbons (Fsp3) is 0.143. The van der Waals surface area contributed by atoms with Crippen molar-refractivity contribution in [3.8, 4) is 5.75 Å². The SMILES string of the molecule is COc1ccc([N+](=O)[O-])cc1S(=O)O.[H-].[K+]. The Bertz CT molecular complexity index is 402. The van der Waals surface area contributed by atoms with E-state index in [1.807, 2.05) is 0 Å². The van der Waals surface area contributed by atoms with Crippen LogP contribution in [-0.4, -0.2) is 20.8 Å². The number of nitrogens with zero attached hydrogens (tertiary/aromatic N) is 1. The monoisotopic (exact) mass is 257 g/mol. The number of non-ortho nitro benzene ring substituents is 1. The predicted octanol–water partition coefficient (Wildman–Crippen LogP) is -1.70. The molecule has 0 bridgehead atoms. The first-order valence-corrected chi connectivity index (χ1v) is 4.60. The third-order valence-corrected chi connectivity index (χ3v) is 2.24. The average molecular weight is 257 g/mol. The number of benzene rings is 1. The van der Waals surface area contributed by atoms with Crippen molar-refractivity contribution < 1.29 is 71.2 Å². The van der Waals surface area contributed by atoms with Crippen LogP contribution in [-0.2, 0) is 11.1 Å². The van der Waals surface area contributed by atoms with Gasteiger partial charge in [-0.05, 0) is 6.07 Å². The van der Waals surface area contributed by atoms with E-state index in [0.29, 0.717) is 0 Å². The van der Waals surface area contributed by atoms with Crippen molar-refractivity contribution in [2.75, 3.05) is 7.11 Å². The van der Waals surface area contributed by atoms with Crippen molar-refractivity contribution in [3.05, 3.63) is 28.3 Å².